The van der Waals surface area contributed by atoms with Crippen molar-refractivity contribution in [3.05, 3.63) is 42.1 Å². The van der Waals surface area contributed by atoms with Gasteiger partial charge < -0.3 is 10.1 Å². The molecule has 1 aromatic carbocycles. The fourth-order valence-corrected chi connectivity index (χ4v) is 5.51. The molecule has 0 radical (unpaired) electrons. The molecular weight excluding hydrogens is 392 g/mol. The number of nitrogens with one attached hydrogen (secondary N) is 1. The molecule has 2 saturated heterocycles. The summed E-state index contributed by atoms with van der Waals surface area (Å²) < 4.78 is 31.0. The first-order chi connectivity index (χ1) is 14.0. The van der Waals surface area contributed by atoms with Crippen LogP contribution in [0.5, 0.6) is 0 Å². The minimum Gasteiger partial charge on any atom is -0.379 e. The van der Waals surface area contributed by atoms with E-state index in [1.807, 2.05) is 30.3 Å². The first kappa shape index (κ1) is 20.1. The van der Waals surface area contributed by atoms with Gasteiger partial charge in [-0.25, -0.2) is 8.42 Å². The molecule has 2 fully saturated rings. The quantitative estimate of drug-likeness (QED) is 0.752. The zero-order valence-corrected chi connectivity index (χ0v) is 17.1. The Labute approximate surface area is 170 Å². The lowest BCUT2D eigenvalue weighted by atomic mass is 10.1. The van der Waals surface area contributed by atoms with E-state index < -0.39 is 9.84 Å². The fourth-order valence-electron chi connectivity index (χ4n) is 3.82. The highest BCUT2D eigenvalue weighted by Gasteiger charge is 2.32. The van der Waals surface area contributed by atoms with Gasteiger partial charge in [-0.15, -0.1) is 0 Å². The number of sulfone groups is 1. The Balaban J connectivity index is 1.50. The Morgan fingerprint density at radius 3 is 2.66 bits per heavy atom. The van der Waals surface area contributed by atoms with Crippen molar-refractivity contribution in [2.75, 3.05) is 50.9 Å². The van der Waals surface area contributed by atoms with Crippen LogP contribution in [0.3, 0.4) is 0 Å². The first-order valence-electron chi connectivity index (χ1n) is 9.95. The monoisotopic (exact) mass is 418 g/mol. The van der Waals surface area contributed by atoms with E-state index in [0.29, 0.717) is 18.7 Å². The molecule has 0 bridgehead atoms. The third-order valence-electron chi connectivity index (χ3n) is 5.41. The molecule has 0 saturated carbocycles. The van der Waals surface area contributed by atoms with E-state index in [1.165, 1.54) is 0 Å². The van der Waals surface area contributed by atoms with Gasteiger partial charge in [0.2, 0.25) is 0 Å². The van der Waals surface area contributed by atoms with Crippen LogP contribution in [0, 0.1) is 0 Å². The van der Waals surface area contributed by atoms with Crippen molar-refractivity contribution in [2.24, 2.45) is 0 Å². The SMILES string of the molecule is O=C(NCCN1CCOCC1)c1cc(-c2ccccc2)n([C@H]2CCS(=O)(=O)C2)n1. The smallest absolute Gasteiger partial charge is 0.271 e. The zero-order valence-electron chi connectivity index (χ0n) is 16.3. The molecule has 156 valence electrons. The van der Waals surface area contributed by atoms with Gasteiger partial charge >= 0.3 is 0 Å². The molecule has 2 aliphatic heterocycles. The lowest BCUT2D eigenvalue weighted by Gasteiger charge is -2.26. The van der Waals surface area contributed by atoms with Crippen LogP contribution in [0.2, 0.25) is 0 Å². The molecule has 9 heteroatoms. The summed E-state index contributed by atoms with van der Waals surface area (Å²) in [5.74, 6) is -0.0190. The molecule has 8 nitrogen and oxygen atoms in total. The fraction of sp³-hybridized carbons (Fsp3) is 0.500. The predicted octanol–water partition coefficient (Wildman–Crippen LogP) is 0.972. The van der Waals surface area contributed by atoms with Gasteiger partial charge in [-0.05, 0) is 18.1 Å². The van der Waals surface area contributed by atoms with Crippen LogP contribution in [0.15, 0.2) is 36.4 Å². The summed E-state index contributed by atoms with van der Waals surface area (Å²) in [6, 6.07) is 11.1. The molecule has 0 aliphatic carbocycles. The highest BCUT2D eigenvalue weighted by molar-refractivity contribution is 7.91. The minimum atomic E-state index is -3.06. The van der Waals surface area contributed by atoms with Crippen LogP contribution in [0.1, 0.15) is 23.0 Å². The number of hydrogen-bond donors (Lipinski definition) is 1. The largest absolute Gasteiger partial charge is 0.379 e. The van der Waals surface area contributed by atoms with Gasteiger partial charge in [0.1, 0.15) is 0 Å². The third-order valence-corrected chi connectivity index (χ3v) is 7.16. The normalized spacial score (nSPS) is 21.9. The molecule has 29 heavy (non-hydrogen) atoms. The number of aromatic nitrogens is 2. The van der Waals surface area contributed by atoms with E-state index in [4.69, 9.17) is 4.74 Å². The van der Waals surface area contributed by atoms with E-state index in [9.17, 15) is 13.2 Å². The second-order valence-electron chi connectivity index (χ2n) is 7.49. The summed E-state index contributed by atoms with van der Waals surface area (Å²) in [5, 5.41) is 7.44. The Kier molecular flexibility index (Phi) is 5.98. The Bertz CT molecular complexity index is 952. The van der Waals surface area contributed by atoms with Crippen molar-refractivity contribution in [2.45, 2.75) is 12.5 Å². The van der Waals surface area contributed by atoms with Gasteiger partial charge in [-0.1, -0.05) is 30.3 Å². The number of carbonyl (C=O) groups excluding carboxylic acids is 1. The molecule has 2 aromatic rings. The minimum absolute atomic E-state index is 0.0621. The Morgan fingerprint density at radius 1 is 1.21 bits per heavy atom. The van der Waals surface area contributed by atoms with Crippen molar-refractivity contribution >= 4 is 15.7 Å². The van der Waals surface area contributed by atoms with Gasteiger partial charge in [0.25, 0.3) is 5.91 Å². The lowest BCUT2D eigenvalue weighted by Crippen LogP contribution is -2.41. The molecule has 1 N–H and O–H groups in total. The van der Waals surface area contributed by atoms with Crippen molar-refractivity contribution in [3.8, 4) is 11.3 Å². The van der Waals surface area contributed by atoms with E-state index >= 15 is 0 Å². The van der Waals surface area contributed by atoms with Crippen LogP contribution in [-0.4, -0.2) is 79.9 Å². The average Bonchev–Trinajstić information content (AvgIpc) is 3.33. The van der Waals surface area contributed by atoms with Crippen molar-refractivity contribution < 1.29 is 17.9 Å². The summed E-state index contributed by atoms with van der Waals surface area (Å²) in [5.41, 5.74) is 2.00. The summed E-state index contributed by atoms with van der Waals surface area (Å²) in [6.07, 6.45) is 0.516. The molecule has 1 amide bonds. The van der Waals surface area contributed by atoms with Gasteiger partial charge in [-0.3, -0.25) is 14.4 Å². The van der Waals surface area contributed by atoms with Crippen LogP contribution < -0.4 is 5.32 Å². The van der Waals surface area contributed by atoms with E-state index in [1.54, 1.807) is 10.7 Å². The molecule has 2 aliphatic rings. The van der Waals surface area contributed by atoms with E-state index in [-0.39, 0.29) is 23.5 Å². The van der Waals surface area contributed by atoms with Gasteiger partial charge in [-0.2, -0.15) is 5.10 Å². The number of carbonyl (C=O) groups is 1. The molecule has 1 aromatic heterocycles. The summed E-state index contributed by atoms with van der Waals surface area (Å²) in [7, 11) is -3.06. The number of nitrogens with zero attached hydrogens (tertiary/aromatic N) is 3. The van der Waals surface area contributed by atoms with Gasteiger partial charge in [0.15, 0.2) is 15.5 Å². The second kappa shape index (κ2) is 8.64. The maximum absolute atomic E-state index is 12.7. The second-order valence-corrected chi connectivity index (χ2v) is 9.72. The van der Waals surface area contributed by atoms with E-state index in [0.717, 1.165) is 44.1 Å². The predicted molar refractivity (Wildman–Crippen MR) is 110 cm³/mol. The topological polar surface area (TPSA) is 93.5 Å². The molecule has 0 spiro atoms. The van der Waals surface area contributed by atoms with Gasteiger partial charge in [0.05, 0.1) is 36.5 Å². The Morgan fingerprint density at radius 2 is 1.97 bits per heavy atom. The number of ether oxygens (including phenoxy) is 1. The molecule has 0 unspecified atom stereocenters. The maximum Gasteiger partial charge on any atom is 0.271 e. The number of amides is 1. The standard InChI is InChI=1S/C20H26N4O4S/c25-20(21-7-8-23-9-11-28-12-10-23)18-14-19(16-4-2-1-3-5-16)24(22-18)17-6-13-29(26,27)15-17/h1-5,14,17H,6-13,15H2,(H,21,25)/t17-/m0/s1. The maximum atomic E-state index is 12.7. The number of benzene rings is 1. The number of hydrogen-bond acceptors (Lipinski definition) is 6. The van der Waals surface area contributed by atoms with Crippen molar-refractivity contribution in [3.63, 3.8) is 0 Å². The van der Waals surface area contributed by atoms with Crippen LogP contribution in [-0.2, 0) is 14.6 Å². The van der Waals surface area contributed by atoms with E-state index in [2.05, 4.69) is 15.3 Å². The van der Waals surface area contributed by atoms with Crippen molar-refractivity contribution in [1.82, 2.24) is 20.0 Å². The van der Waals surface area contributed by atoms with Crippen molar-refractivity contribution in [1.29, 1.82) is 0 Å². The number of rotatable bonds is 6. The zero-order chi connectivity index (χ0) is 20.3. The molecular formula is C20H26N4O4S. The summed E-state index contributed by atoms with van der Waals surface area (Å²) in [6.45, 7) is 4.50. The highest BCUT2D eigenvalue weighted by Crippen LogP contribution is 2.30. The lowest BCUT2D eigenvalue weighted by molar-refractivity contribution is 0.0383. The molecule has 1 atom stereocenters. The molecule has 3 heterocycles. The van der Waals surface area contributed by atoms with Crippen LogP contribution >= 0.6 is 0 Å². The third kappa shape index (κ3) is 4.85. The van der Waals surface area contributed by atoms with Gasteiger partial charge in [0, 0.05) is 26.2 Å². The number of morpholine rings is 1. The summed E-state index contributed by atoms with van der Waals surface area (Å²) in [4.78, 5) is 14.9. The highest BCUT2D eigenvalue weighted by atomic mass is 32.2. The average molecular weight is 419 g/mol. The first-order valence-corrected chi connectivity index (χ1v) is 11.8. The van der Waals surface area contributed by atoms with Crippen LogP contribution in [0.25, 0.3) is 11.3 Å². The summed E-state index contributed by atoms with van der Waals surface area (Å²) >= 11 is 0. The Hall–Kier alpha value is -2.23. The molecule has 4 rings (SSSR count). The van der Waals surface area contributed by atoms with Crippen LogP contribution in [0.4, 0.5) is 0 Å².